The molecule has 6 rings (SSSR count). The van der Waals surface area contributed by atoms with Crippen molar-refractivity contribution in [1.82, 2.24) is 25.6 Å². The second-order valence-corrected chi connectivity index (χ2v) is 9.43. The first-order valence-electron chi connectivity index (χ1n) is 12.7. The third-order valence-corrected chi connectivity index (χ3v) is 6.83. The summed E-state index contributed by atoms with van der Waals surface area (Å²) in [7, 11) is 0. The number of hydrogen-bond acceptors (Lipinski definition) is 6. The number of aromatic amines is 1. The van der Waals surface area contributed by atoms with E-state index in [1.165, 1.54) is 11.3 Å². The average molecular weight is 502 g/mol. The second-order valence-electron chi connectivity index (χ2n) is 9.43. The Labute approximate surface area is 220 Å². The number of rotatable bonds is 6. The molecule has 0 atom stereocenters. The van der Waals surface area contributed by atoms with Crippen LogP contribution in [0, 0.1) is 6.92 Å². The minimum absolute atomic E-state index is 0.0919. The number of amides is 1. The zero-order valence-corrected chi connectivity index (χ0v) is 21.1. The topological polar surface area (TPSA) is 99.7 Å². The second kappa shape index (κ2) is 10.3. The maximum Gasteiger partial charge on any atom is 0.228 e. The van der Waals surface area contributed by atoms with Gasteiger partial charge in [-0.25, -0.2) is 0 Å². The lowest BCUT2D eigenvalue weighted by Gasteiger charge is -2.33. The number of carbonyl (C=O) groups is 1. The van der Waals surface area contributed by atoms with Crippen molar-refractivity contribution >= 4 is 23.0 Å². The molecule has 188 valence electrons. The molecule has 0 saturated carbocycles. The number of carbonyl (C=O) groups excluding carboxylic acids is 1. The van der Waals surface area contributed by atoms with Crippen molar-refractivity contribution in [1.29, 1.82) is 0 Å². The molecule has 8 heteroatoms. The number of nitrogens with one attached hydrogen (secondary N) is 2. The first-order valence-corrected chi connectivity index (χ1v) is 12.7. The zero-order chi connectivity index (χ0) is 25.9. The van der Waals surface area contributed by atoms with Crippen LogP contribution < -0.4 is 10.2 Å². The van der Waals surface area contributed by atoms with Crippen molar-refractivity contribution in [3.63, 3.8) is 0 Å². The molecule has 38 heavy (non-hydrogen) atoms. The van der Waals surface area contributed by atoms with E-state index in [-0.39, 0.29) is 12.3 Å². The molecule has 0 unspecified atom stereocenters. The number of hydrogen-bond donors (Lipinski definition) is 2. The van der Waals surface area contributed by atoms with Gasteiger partial charge in [0.05, 0.1) is 17.8 Å². The molecule has 0 bridgehead atoms. The van der Waals surface area contributed by atoms with Crippen LogP contribution in [0.4, 0.5) is 17.1 Å². The Morgan fingerprint density at radius 1 is 0.974 bits per heavy atom. The summed E-state index contributed by atoms with van der Waals surface area (Å²) in [6, 6.07) is 26.5. The molecule has 8 nitrogen and oxygen atoms in total. The highest BCUT2D eigenvalue weighted by molar-refractivity contribution is 5.98. The number of para-hydroxylation sites is 1. The summed E-state index contributed by atoms with van der Waals surface area (Å²) in [6.45, 7) is 2.81. The van der Waals surface area contributed by atoms with Crippen molar-refractivity contribution in [2.75, 3.05) is 16.8 Å². The molecule has 0 saturated heterocycles. The standard InChI is InChI=1S/C30H27N7O/c1-20-12-13-21(19-31-20)17-29(38)32-26-18-23(24-9-3-4-10-25(24)30-33-35-36-34-30)14-15-28(26)37-16-6-8-22-7-2-5-11-27(22)37/h2-5,7,9-15,18-19H,6,8,16-17H2,1H3,(H,32,38)(H,33,34,35,36). The lowest BCUT2D eigenvalue weighted by molar-refractivity contribution is -0.115. The van der Waals surface area contributed by atoms with Gasteiger partial charge in [0.2, 0.25) is 11.7 Å². The van der Waals surface area contributed by atoms with Crippen LogP contribution in [-0.2, 0) is 17.6 Å². The molecule has 0 aliphatic carbocycles. The third-order valence-electron chi connectivity index (χ3n) is 6.83. The van der Waals surface area contributed by atoms with E-state index >= 15 is 0 Å². The van der Waals surface area contributed by atoms with Gasteiger partial charge in [-0.05, 0) is 71.5 Å². The van der Waals surface area contributed by atoms with Crippen LogP contribution in [0.2, 0.25) is 0 Å². The van der Waals surface area contributed by atoms with Crippen LogP contribution in [0.5, 0.6) is 0 Å². The molecule has 2 N–H and O–H groups in total. The Morgan fingerprint density at radius 2 is 1.82 bits per heavy atom. The van der Waals surface area contributed by atoms with Gasteiger partial charge in [0.1, 0.15) is 0 Å². The van der Waals surface area contributed by atoms with Crippen LogP contribution in [0.25, 0.3) is 22.5 Å². The molecule has 5 aromatic rings. The number of pyridine rings is 1. The Bertz CT molecular complexity index is 1580. The first kappa shape index (κ1) is 23.5. The number of aromatic nitrogens is 5. The third kappa shape index (κ3) is 4.76. The summed E-state index contributed by atoms with van der Waals surface area (Å²) in [6.07, 6.45) is 4.09. The quantitative estimate of drug-likeness (QED) is 0.319. The number of H-pyrrole nitrogens is 1. The first-order chi connectivity index (χ1) is 18.7. The normalized spacial score (nSPS) is 12.7. The highest BCUT2D eigenvalue weighted by atomic mass is 16.1. The minimum Gasteiger partial charge on any atom is -0.340 e. The smallest absolute Gasteiger partial charge is 0.228 e. The molecular weight excluding hydrogens is 474 g/mol. The summed E-state index contributed by atoms with van der Waals surface area (Å²) >= 11 is 0. The maximum absolute atomic E-state index is 13.3. The van der Waals surface area contributed by atoms with Gasteiger partial charge in [-0.1, -0.05) is 54.6 Å². The fourth-order valence-corrected chi connectivity index (χ4v) is 5.01. The molecule has 1 amide bonds. The van der Waals surface area contributed by atoms with E-state index in [1.807, 2.05) is 49.4 Å². The molecule has 2 aromatic heterocycles. The maximum atomic E-state index is 13.3. The van der Waals surface area contributed by atoms with E-state index in [4.69, 9.17) is 0 Å². The van der Waals surface area contributed by atoms with Gasteiger partial charge in [-0.2, -0.15) is 5.21 Å². The SMILES string of the molecule is Cc1ccc(CC(=O)Nc2cc(-c3ccccc3-c3nn[nH]n3)ccc2N2CCCc3ccccc32)cn1. The summed E-state index contributed by atoms with van der Waals surface area (Å²) in [5, 5.41) is 17.8. The van der Waals surface area contributed by atoms with Gasteiger partial charge in [0.15, 0.2) is 0 Å². The molecule has 0 radical (unpaired) electrons. The molecule has 1 aliphatic rings. The predicted molar refractivity (Wildman–Crippen MR) is 148 cm³/mol. The van der Waals surface area contributed by atoms with E-state index in [2.05, 4.69) is 72.2 Å². The van der Waals surface area contributed by atoms with Crippen LogP contribution in [0.3, 0.4) is 0 Å². The van der Waals surface area contributed by atoms with Crippen LogP contribution in [-0.4, -0.2) is 38.1 Å². The Kier molecular flexibility index (Phi) is 6.35. The van der Waals surface area contributed by atoms with E-state index in [1.54, 1.807) is 6.20 Å². The molecule has 0 fully saturated rings. The van der Waals surface area contributed by atoms with E-state index in [9.17, 15) is 4.79 Å². The van der Waals surface area contributed by atoms with Crippen molar-refractivity contribution in [2.24, 2.45) is 0 Å². The van der Waals surface area contributed by atoms with Gasteiger partial charge in [-0.3, -0.25) is 9.78 Å². The van der Waals surface area contributed by atoms with Crippen molar-refractivity contribution in [3.05, 3.63) is 102 Å². The van der Waals surface area contributed by atoms with Gasteiger partial charge >= 0.3 is 0 Å². The molecule has 1 aliphatic heterocycles. The summed E-state index contributed by atoms with van der Waals surface area (Å²) in [5.74, 6) is 0.429. The lowest BCUT2D eigenvalue weighted by Crippen LogP contribution is -2.26. The fraction of sp³-hybridized carbons (Fsp3) is 0.167. The van der Waals surface area contributed by atoms with E-state index in [0.717, 1.165) is 58.7 Å². The van der Waals surface area contributed by atoms with E-state index < -0.39 is 0 Å². The van der Waals surface area contributed by atoms with Crippen LogP contribution in [0.1, 0.15) is 23.2 Å². The van der Waals surface area contributed by atoms with Crippen molar-refractivity contribution in [3.8, 4) is 22.5 Å². The number of fused-ring (bicyclic) bond motifs is 1. The number of anilines is 3. The number of aryl methyl sites for hydroxylation is 2. The fourth-order valence-electron chi connectivity index (χ4n) is 5.01. The number of benzene rings is 3. The van der Waals surface area contributed by atoms with Gasteiger partial charge < -0.3 is 10.2 Å². The van der Waals surface area contributed by atoms with E-state index in [0.29, 0.717) is 5.82 Å². The summed E-state index contributed by atoms with van der Waals surface area (Å²) in [5.41, 5.74) is 8.78. The molecular formula is C30H27N7O. The van der Waals surface area contributed by atoms with Gasteiger partial charge in [0.25, 0.3) is 0 Å². The van der Waals surface area contributed by atoms with Crippen LogP contribution in [0.15, 0.2) is 85.1 Å². The number of tetrazole rings is 1. The monoisotopic (exact) mass is 501 g/mol. The Morgan fingerprint density at radius 3 is 2.63 bits per heavy atom. The lowest BCUT2D eigenvalue weighted by atomic mass is 9.96. The molecule has 3 heterocycles. The predicted octanol–water partition coefficient (Wildman–Crippen LogP) is 5.50. The van der Waals surface area contributed by atoms with Crippen LogP contribution >= 0.6 is 0 Å². The Hall–Kier alpha value is -4.85. The Balaban J connectivity index is 1.41. The summed E-state index contributed by atoms with van der Waals surface area (Å²) in [4.78, 5) is 19.9. The van der Waals surface area contributed by atoms with Crippen molar-refractivity contribution < 1.29 is 4.79 Å². The number of nitrogens with zero attached hydrogens (tertiary/aromatic N) is 5. The largest absolute Gasteiger partial charge is 0.340 e. The summed E-state index contributed by atoms with van der Waals surface area (Å²) < 4.78 is 0. The highest BCUT2D eigenvalue weighted by Crippen LogP contribution is 2.40. The van der Waals surface area contributed by atoms with Crippen molar-refractivity contribution in [2.45, 2.75) is 26.2 Å². The average Bonchev–Trinajstić information content (AvgIpc) is 3.49. The minimum atomic E-state index is -0.0919. The highest BCUT2D eigenvalue weighted by Gasteiger charge is 2.22. The molecule has 3 aromatic carbocycles. The van der Waals surface area contributed by atoms with Gasteiger partial charge in [0, 0.05) is 29.7 Å². The zero-order valence-electron chi connectivity index (χ0n) is 21.1. The van der Waals surface area contributed by atoms with Gasteiger partial charge in [-0.15, -0.1) is 10.2 Å². The molecule has 0 spiro atoms.